The van der Waals surface area contributed by atoms with Gasteiger partial charge < -0.3 is 19.4 Å². The molecule has 2 N–H and O–H groups in total. The van der Waals surface area contributed by atoms with Crippen molar-refractivity contribution < 1.29 is 22.4 Å². The topological polar surface area (TPSA) is 134 Å². The van der Waals surface area contributed by atoms with Crippen LogP contribution in [0.5, 0.6) is 0 Å². The third kappa shape index (κ3) is 4.19. The molecule has 0 aliphatic carbocycles. The Hall–Kier alpha value is -2.99. The zero-order valence-corrected chi connectivity index (χ0v) is 19.6. The maximum atomic E-state index is 12.0. The number of nitrogens with one attached hydrogen (secondary N) is 2. The van der Waals surface area contributed by atoms with E-state index in [1.54, 1.807) is 11.0 Å². The van der Waals surface area contributed by atoms with Crippen LogP contribution in [0, 0.1) is 0 Å². The maximum absolute atomic E-state index is 12.0. The van der Waals surface area contributed by atoms with Crippen LogP contribution in [0.2, 0.25) is 0 Å². The number of oxazole rings is 1. The van der Waals surface area contributed by atoms with Crippen molar-refractivity contribution in [2.24, 2.45) is 0 Å². The summed E-state index contributed by atoms with van der Waals surface area (Å²) in [6, 6.07) is 3.48. The Morgan fingerprint density at radius 3 is 2.75 bits per heavy atom. The fourth-order valence-corrected chi connectivity index (χ4v) is 5.33. The number of urea groups is 1. The second kappa shape index (κ2) is 8.17. The van der Waals surface area contributed by atoms with E-state index in [0.717, 1.165) is 23.1 Å². The minimum absolute atomic E-state index is 0.0131. The molecule has 0 spiro atoms. The average molecular weight is 478 g/mol. The zero-order chi connectivity index (χ0) is 23.2. The normalized spacial score (nSPS) is 18.6. The fourth-order valence-electron chi connectivity index (χ4n) is 3.65. The summed E-state index contributed by atoms with van der Waals surface area (Å²) in [5.74, 6) is 0. The van der Waals surface area contributed by atoms with Gasteiger partial charge in [-0.05, 0) is 39.0 Å². The van der Waals surface area contributed by atoms with Crippen molar-refractivity contribution in [3.05, 3.63) is 28.8 Å². The van der Waals surface area contributed by atoms with Gasteiger partial charge in [-0.25, -0.2) is 18.2 Å². The lowest BCUT2D eigenvalue weighted by molar-refractivity contribution is -0.109. The molecule has 0 unspecified atom stereocenters. The highest BCUT2D eigenvalue weighted by Crippen LogP contribution is 2.41. The molecule has 4 rings (SSSR count). The lowest BCUT2D eigenvalue weighted by Crippen LogP contribution is -2.43. The number of thiazole rings is 1. The summed E-state index contributed by atoms with van der Waals surface area (Å²) in [6.45, 7) is 5.63. The third-order valence-corrected chi connectivity index (χ3v) is 7.37. The number of anilines is 2. The fraction of sp³-hybridized carbons (Fsp3) is 0.400. The highest BCUT2D eigenvalue weighted by atomic mass is 32.2. The first kappa shape index (κ1) is 22.2. The lowest BCUT2D eigenvalue weighted by Gasteiger charge is -2.35. The van der Waals surface area contributed by atoms with Gasteiger partial charge in [0, 0.05) is 18.7 Å². The van der Waals surface area contributed by atoms with E-state index < -0.39 is 15.9 Å². The first-order valence-electron chi connectivity index (χ1n) is 9.98. The van der Waals surface area contributed by atoms with Gasteiger partial charge in [0.2, 0.25) is 0 Å². The summed E-state index contributed by atoms with van der Waals surface area (Å²) >= 11 is 1.33. The number of fused-ring (bicyclic) bond motifs is 2. The van der Waals surface area contributed by atoms with Crippen LogP contribution < -0.4 is 15.5 Å². The molecule has 12 heteroatoms. The van der Waals surface area contributed by atoms with Crippen molar-refractivity contribution in [3.8, 4) is 0 Å². The van der Waals surface area contributed by atoms with E-state index >= 15 is 0 Å². The Morgan fingerprint density at radius 1 is 1.34 bits per heavy atom. The number of amides is 2. The van der Waals surface area contributed by atoms with E-state index in [1.165, 1.54) is 23.5 Å². The van der Waals surface area contributed by atoms with Gasteiger partial charge in [0.05, 0.1) is 27.6 Å². The molecule has 32 heavy (non-hydrogen) atoms. The van der Waals surface area contributed by atoms with E-state index in [0.29, 0.717) is 22.7 Å². The molecule has 0 bridgehead atoms. The number of hydrogen-bond donors (Lipinski definition) is 2. The molecular formula is C20H23N5O5S2. The van der Waals surface area contributed by atoms with Gasteiger partial charge in [-0.2, -0.15) is 4.98 Å². The lowest BCUT2D eigenvalue weighted by atomic mass is 10.0. The predicted octanol–water partition coefficient (Wildman–Crippen LogP) is 2.91. The highest BCUT2D eigenvalue weighted by Gasteiger charge is 2.37. The van der Waals surface area contributed by atoms with Crippen LogP contribution in [0.1, 0.15) is 37.4 Å². The monoisotopic (exact) mass is 477 g/mol. The number of carbonyl (C=O) groups is 2. The number of benzene rings is 1. The molecule has 2 atom stereocenters. The Balaban J connectivity index is 1.67. The second-order valence-corrected chi connectivity index (χ2v) is 11.0. The molecule has 3 aromatic rings. The molecule has 0 saturated carbocycles. The van der Waals surface area contributed by atoms with Gasteiger partial charge in [-0.1, -0.05) is 11.3 Å². The molecule has 170 valence electrons. The van der Waals surface area contributed by atoms with Crippen molar-refractivity contribution in [1.82, 2.24) is 15.3 Å². The standard InChI is InChI=1S/C20H23N5O5S2/c1-10(2)21-18(27)24-19-22-15-7-12(9-26)25(11(3)17(15)31-19)20-23-14-8-13(32(4,28)29)5-6-16(14)30-20/h5-6,8-12H,7H2,1-4H3,(H2,21,22,24,27)/t11-,12-/m0/s1. The van der Waals surface area contributed by atoms with Crippen LogP contribution in [0.15, 0.2) is 27.5 Å². The summed E-state index contributed by atoms with van der Waals surface area (Å²) < 4.78 is 29.6. The molecule has 1 aromatic carbocycles. The number of aldehydes is 1. The summed E-state index contributed by atoms with van der Waals surface area (Å²) in [7, 11) is -3.39. The smallest absolute Gasteiger partial charge is 0.321 e. The van der Waals surface area contributed by atoms with Crippen LogP contribution in [-0.2, 0) is 21.1 Å². The van der Waals surface area contributed by atoms with E-state index in [-0.39, 0.29) is 29.0 Å². The predicted molar refractivity (Wildman–Crippen MR) is 121 cm³/mol. The third-order valence-electron chi connectivity index (χ3n) is 5.08. The SMILES string of the molecule is CC(C)NC(=O)Nc1nc2c(s1)[C@H](C)N(c1nc3cc(S(C)(=O)=O)ccc3o1)[C@H](C=O)C2. The largest absolute Gasteiger partial charge is 0.423 e. The van der Waals surface area contributed by atoms with Gasteiger partial charge in [0.15, 0.2) is 20.6 Å². The van der Waals surface area contributed by atoms with E-state index in [1.807, 2.05) is 20.8 Å². The van der Waals surface area contributed by atoms with Crippen LogP contribution >= 0.6 is 11.3 Å². The molecule has 0 saturated heterocycles. The van der Waals surface area contributed by atoms with Crippen molar-refractivity contribution in [2.75, 3.05) is 16.5 Å². The molecule has 0 radical (unpaired) electrons. The average Bonchev–Trinajstić information content (AvgIpc) is 3.29. The Kier molecular flexibility index (Phi) is 5.67. The molecule has 3 heterocycles. The van der Waals surface area contributed by atoms with Crippen LogP contribution in [0.3, 0.4) is 0 Å². The van der Waals surface area contributed by atoms with Crippen molar-refractivity contribution in [3.63, 3.8) is 0 Å². The Morgan fingerprint density at radius 2 is 2.09 bits per heavy atom. The molecule has 0 fully saturated rings. The van der Waals surface area contributed by atoms with E-state index in [2.05, 4.69) is 20.6 Å². The van der Waals surface area contributed by atoms with Crippen LogP contribution in [0.4, 0.5) is 15.9 Å². The first-order valence-corrected chi connectivity index (χ1v) is 12.7. The minimum Gasteiger partial charge on any atom is -0.423 e. The maximum Gasteiger partial charge on any atom is 0.321 e. The first-order chi connectivity index (χ1) is 15.1. The number of aromatic nitrogens is 2. The van der Waals surface area contributed by atoms with Crippen molar-refractivity contribution in [2.45, 2.75) is 50.2 Å². The summed E-state index contributed by atoms with van der Waals surface area (Å²) in [6.07, 6.45) is 2.28. The Labute approximate surface area is 188 Å². The van der Waals surface area contributed by atoms with Gasteiger partial charge >= 0.3 is 6.03 Å². The minimum atomic E-state index is -3.39. The molecule has 10 nitrogen and oxygen atoms in total. The van der Waals surface area contributed by atoms with Crippen molar-refractivity contribution in [1.29, 1.82) is 0 Å². The molecule has 1 aliphatic heterocycles. The van der Waals surface area contributed by atoms with E-state index in [9.17, 15) is 18.0 Å². The summed E-state index contributed by atoms with van der Waals surface area (Å²) in [5.41, 5.74) is 1.56. The number of carbonyl (C=O) groups excluding carboxylic acids is 2. The number of sulfone groups is 1. The highest BCUT2D eigenvalue weighted by molar-refractivity contribution is 7.90. The number of hydrogen-bond acceptors (Lipinski definition) is 9. The summed E-state index contributed by atoms with van der Waals surface area (Å²) in [5, 5.41) is 5.93. The van der Waals surface area contributed by atoms with Gasteiger partial charge in [0.25, 0.3) is 6.01 Å². The number of rotatable bonds is 5. The Bertz CT molecular complexity index is 1300. The van der Waals surface area contributed by atoms with Crippen molar-refractivity contribution >= 4 is 55.7 Å². The van der Waals surface area contributed by atoms with Crippen LogP contribution in [-0.4, -0.2) is 49.0 Å². The zero-order valence-electron chi connectivity index (χ0n) is 17.9. The molecule has 2 amide bonds. The molecular weight excluding hydrogens is 454 g/mol. The quantitative estimate of drug-likeness (QED) is 0.536. The number of nitrogens with zero attached hydrogens (tertiary/aromatic N) is 3. The second-order valence-electron chi connectivity index (χ2n) is 7.97. The van der Waals surface area contributed by atoms with Gasteiger partial charge in [0.1, 0.15) is 11.8 Å². The summed E-state index contributed by atoms with van der Waals surface area (Å²) in [4.78, 5) is 35.7. The van der Waals surface area contributed by atoms with Gasteiger partial charge in [-0.3, -0.25) is 5.32 Å². The molecule has 2 aromatic heterocycles. The van der Waals surface area contributed by atoms with E-state index in [4.69, 9.17) is 4.42 Å². The van der Waals surface area contributed by atoms with Gasteiger partial charge in [-0.15, -0.1) is 0 Å². The molecule has 1 aliphatic rings. The van der Waals surface area contributed by atoms with Crippen LogP contribution in [0.25, 0.3) is 11.1 Å².